The van der Waals surface area contributed by atoms with Crippen LogP contribution in [0.2, 0.25) is 0 Å². The summed E-state index contributed by atoms with van der Waals surface area (Å²) in [4.78, 5) is 9.61. The van der Waals surface area contributed by atoms with E-state index in [4.69, 9.17) is 4.74 Å². The molecule has 96 valence electrons. The smallest absolute Gasteiger partial charge is 0.235 e. The van der Waals surface area contributed by atoms with E-state index in [-0.39, 0.29) is 0 Å². The molecule has 0 unspecified atom stereocenters. The van der Waals surface area contributed by atoms with Crippen LogP contribution in [0.5, 0.6) is 5.75 Å². The molecule has 0 radical (unpaired) electrons. The highest BCUT2D eigenvalue weighted by Crippen LogP contribution is 2.26. The molecule has 18 heavy (non-hydrogen) atoms. The third-order valence-corrected chi connectivity index (χ3v) is 2.16. The maximum Gasteiger partial charge on any atom is 0.235 e. The van der Waals surface area contributed by atoms with Crippen molar-refractivity contribution in [1.82, 2.24) is 0 Å². The zero-order valence-corrected chi connectivity index (χ0v) is 10.4. The van der Waals surface area contributed by atoms with Gasteiger partial charge in [0.1, 0.15) is 11.6 Å². The number of methoxy groups -OCH3 is 1. The number of nitrogens with zero attached hydrogens (tertiary/aromatic N) is 1. The van der Waals surface area contributed by atoms with Crippen molar-refractivity contribution in [2.24, 2.45) is 0 Å². The predicted octanol–water partition coefficient (Wildman–Crippen LogP) is 3.50. The summed E-state index contributed by atoms with van der Waals surface area (Å²) in [5, 5.41) is 10.2. The van der Waals surface area contributed by atoms with Gasteiger partial charge in [0.05, 0.1) is 17.6 Å². The molecule has 1 aromatic rings. The molecule has 0 saturated carbocycles. The second-order valence-corrected chi connectivity index (χ2v) is 3.94. The molecule has 0 N–H and O–H groups in total. The average molecular weight is 251 g/mol. The summed E-state index contributed by atoms with van der Waals surface area (Å²) in [5.74, 6) is -0.127. The Balaban J connectivity index is 3.27. The lowest BCUT2D eigenvalue weighted by Crippen LogP contribution is -1.93. The molecule has 0 bridgehead atoms. The Labute approximate surface area is 105 Å². The summed E-state index contributed by atoms with van der Waals surface area (Å²) < 4.78 is 18.9. The van der Waals surface area contributed by atoms with Gasteiger partial charge in [-0.2, -0.15) is 0 Å². The first-order valence-electron chi connectivity index (χ1n) is 5.28. The lowest BCUT2D eigenvalue weighted by molar-refractivity contribution is -0.400. The average Bonchev–Trinajstić information content (AvgIpc) is 2.28. The first-order chi connectivity index (χ1) is 8.43. The normalized spacial score (nSPS) is 10.4. The van der Waals surface area contributed by atoms with Crippen molar-refractivity contribution >= 4 is 12.2 Å². The number of nitro groups is 1. The molecular formula is C13H14FNO3. The van der Waals surface area contributed by atoms with Crippen LogP contribution >= 0.6 is 0 Å². The van der Waals surface area contributed by atoms with Crippen LogP contribution < -0.4 is 4.74 Å². The fourth-order valence-electron chi connectivity index (χ4n) is 1.45. The van der Waals surface area contributed by atoms with Crippen molar-refractivity contribution in [3.63, 3.8) is 0 Å². The molecule has 0 fully saturated rings. The summed E-state index contributed by atoms with van der Waals surface area (Å²) in [7, 11) is 1.43. The molecule has 0 atom stereocenters. The number of benzene rings is 1. The molecule has 0 spiro atoms. The van der Waals surface area contributed by atoms with Crippen LogP contribution in [0.15, 0.2) is 23.9 Å². The van der Waals surface area contributed by atoms with E-state index in [1.807, 2.05) is 13.8 Å². The Hall–Kier alpha value is -2.17. The molecule has 0 aliphatic rings. The van der Waals surface area contributed by atoms with Crippen molar-refractivity contribution in [2.75, 3.05) is 7.11 Å². The molecule has 1 aromatic carbocycles. The molecule has 0 saturated heterocycles. The van der Waals surface area contributed by atoms with E-state index in [0.29, 0.717) is 16.9 Å². The van der Waals surface area contributed by atoms with Crippen molar-refractivity contribution < 1.29 is 14.1 Å². The van der Waals surface area contributed by atoms with Crippen LogP contribution in [-0.2, 0) is 0 Å². The van der Waals surface area contributed by atoms with Gasteiger partial charge in [0.25, 0.3) is 0 Å². The second kappa shape index (κ2) is 5.95. The summed E-state index contributed by atoms with van der Waals surface area (Å²) in [6, 6.07) is 2.79. The van der Waals surface area contributed by atoms with E-state index >= 15 is 0 Å². The number of allylic oxidation sites excluding steroid dienone is 1. The molecule has 0 amide bonds. The van der Waals surface area contributed by atoms with E-state index in [9.17, 15) is 14.5 Å². The van der Waals surface area contributed by atoms with E-state index in [1.54, 1.807) is 12.1 Å². The van der Waals surface area contributed by atoms with Crippen LogP contribution in [0.4, 0.5) is 4.39 Å². The van der Waals surface area contributed by atoms with Gasteiger partial charge in [0.2, 0.25) is 6.20 Å². The fourth-order valence-corrected chi connectivity index (χ4v) is 1.45. The molecule has 5 heteroatoms. The maximum atomic E-state index is 13.9. The second-order valence-electron chi connectivity index (χ2n) is 3.94. The van der Waals surface area contributed by atoms with Gasteiger partial charge < -0.3 is 4.74 Å². The monoisotopic (exact) mass is 251 g/mol. The topological polar surface area (TPSA) is 52.4 Å². The minimum atomic E-state index is -0.603. The summed E-state index contributed by atoms with van der Waals surface area (Å²) >= 11 is 0. The van der Waals surface area contributed by atoms with Crippen LogP contribution in [0.3, 0.4) is 0 Å². The standard InChI is InChI=1S/C13H14FNO3/c1-9(2)6-11-12(14)7-10(4-5-15(16)17)8-13(11)18-3/h4-8H,1-3H3/b5-4+. The molecule has 0 heterocycles. The van der Waals surface area contributed by atoms with E-state index in [2.05, 4.69) is 0 Å². The number of rotatable bonds is 4. The van der Waals surface area contributed by atoms with E-state index < -0.39 is 10.7 Å². The Morgan fingerprint density at radius 3 is 2.61 bits per heavy atom. The van der Waals surface area contributed by atoms with Crippen LogP contribution in [0.25, 0.3) is 12.2 Å². The largest absolute Gasteiger partial charge is 0.496 e. The Bertz CT molecular complexity index is 517. The highest BCUT2D eigenvalue weighted by Gasteiger charge is 2.09. The quantitative estimate of drug-likeness (QED) is 0.607. The number of halogens is 1. The maximum absolute atomic E-state index is 13.9. The van der Waals surface area contributed by atoms with Crippen LogP contribution in [0.1, 0.15) is 25.0 Å². The van der Waals surface area contributed by atoms with Gasteiger partial charge in [-0.05, 0) is 37.6 Å². The first-order valence-corrected chi connectivity index (χ1v) is 5.28. The summed E-state index contributed by atoms with van der Waals surface area (Å²) in [6.45, 7) is 3.69. The summed E-state index contributed by atoms with van der Waals surface area (Å²) in [6.07, 6.45) is 3.64. The van der Waals surface area contributed by atoms with E-state index in [1.165, 1.54) is 19.3 Å². The zero-order valence-electron chi connectivity index (χ0n) is 10.4. The highest BCUT2D eigenvalue weighted by atomic mass is 19.1. The lowest BCUT2D eigenvalue weighted by Gasteiger charge is -2.08. The molecular weight excluding hydrogens is 237 g/mol. The zero-order chi connectivity index (χ0) is 13.7. The minimum Gasteiger partial charge on any atom is -0.496 e. The van der Waals surface area contributed by atoms with Gasteiger partial charge >= 0.3 is 0 Å². The van der Waals surface area contributed by atoms with E-state index in [0.717, 1.165) is 11.8 Å². The molecule has 4 nitrogen and oxygen atoms in total. The third kappa shape index (κ3) is 3.69. The Morgan fingerprint density at radius 2 is 2.11 bits per heavy atom. The van der Waals surface area contributed by atoms with Gasteiger partial charge in [0.15, 0.2) is 0 Å². The minimum absolute atomic E-state index is 0.343. The van der Waals surface area contributed by atoms with Gasteiger partial charge in [-0.3, -0.25) is 10.1 Å². The third-order valence-electron chi connectivity index (χ3n) is 2.16. The number of hydrogen-bond acceptors (Lipinski definition) is 3. The number of ether oxygens (including phenoxy) is 1. The molecule has 0 aliphatic carbocycles. The van der Waals surface area contributed by atoms with Gasteiger partial charge in [-0.15, -0.1) is 0 Å². The van der Waals surface area contributed by atoms with Gasteiger partial charge in [0, 0.05) is 6.08 Å². The SMILES string of the molecule is COc1cc(/C=C/[N+](=O)[O-])cc(F)c1C=C(C)C. The molecule has 0 aromatic heterocycles. The van der Waals surface area contributed by atoms with Gasteiger partial charge in [-0.1, -0.05) is 5.57 Å². The van der Waals surface area contributed by atoms with Crippen molar-refractivity contribution in [2.45, 2.75) is 13.8 Å². The van der Waals surface area contributed by atoms with Gasteiger partial charge in [-0.25, -0.2) is 4.39 Å². The Morgan fingerprint density at radius 1 is 1.44 bits per heavy atom. The van der Waals surface area contributed by atoms with Crippen molar-refractivity contribution in [3.8, 4) is 5.75 Å². The fraction of sp³-hybridized carbons (Fsp3) is 0.231. The van der Waals surface area contributed by atoms with Crippen LogP contribution in [0, 0.1) is 15.9 Å². The summed E-state index contributed by atoms with van der Waals surface area (Å²) in [5.41, 5.74) is 1.66. The van der Waals surface area contributed by atoms with Crippen LogP contribution in [-0.4, -0.2) is 12.0 Å². The van der Waals surface area contributed by atoms with Crippen molar-refractivity contribution in [1.29, 1.82) is 0 Å². The Kier molecular flexibility index (Phi) is 4.59. The lowest BCUT2D eigenvalue weighted by atomic mass is 10.1. The number of hydrogen-bond donors (Lipinski definition) is 0. The molecule has 1 rings (SSSR count). The molecule has 0 aliphatic heterocycles. The first kappa shape index (κ1) is 13.9. The van der Waals surface area contributed by atoms with Crippen molar-refractivity contribution in [3.05, 3.63) is 51.0 Å². The predicted molar refractivity (Wildman–Crippen MR) is 68.3 cm³/mol. The highest BCUT2D eigenvalue weighted by molar-refractivity contribution is 5.64.